The van der Waals surface area contributed by atoms with E-state index < -0.39 is 0 Å². The van der Waals surface area contributed by atoms with Crippen molar-refractivity contribution in [2.24, 2.45) is 0 Å². The molecule has 1 rings (SSSR count). The van der Waals surface area contributed by atoms with Gasteiger partial charge >= 0.3 is 5.97 Å². The zero-order valence-electron chi connectivity index (χ0n) is 11.2. The van der Waals surface area contributed by atoms with Gasteiger partial charge in [-0.05, 0) is 32.4 Å². The fourth-order valence-electron chi connectivity index (χ4n) is 1.57. The molecule has 0 aliphatic carbocycles. The van der Waals surface area contributed by atoms with Gasteiger partial charge in [-0.25, -0.2) is 4.79 Å². The normalized spacial score (nSPS) is 10.6. The third kappa shape index (κ3) is 3.91. The lowest BCUT2D eigenvalue weighted by Crippen LogP contribution is -2.08. The van der Waals surface area contributed by atoms with Gasteiger partial charge in [0.25, 0.3) is 0 Å². The molecule has 0 bridgehead atoms. The van der Waals surface area contributed by atoms with E-state index in [1.54, 1.807) is 19.1 Å². The van der Waals surface area contributed by atoms with Crippen LogP contribution >= 0.6 is 0 Å². The fraction of sp³-hybridized carbons (Fsp3) is 0.400. The van der Waals surface area contributed by atoms with E-state index in [0.717, 1.165) is 17.7 Å². The smallest absolute Gasteiger partial charge is 0.338 e. The third-order valence-corrected chi connectivity index (χ3v) is 2.52. The fourth-order valence-corrected chi connectivity index (χ4v) is 1.57. The summed E-state index contributed by atoms with van der Waals surface area (Å²) in [6.45, 7) is 6.63. The van der Waals surface area contributed by atoms with Crippen molar-refractivity contribution in [3.8, 4) is 5.75 Å². The Kier molecular flexibility index (Phi) is 5.98. The van der Waals surface area contributed by atoms with Crippen molar-refractivity contribution >= 4 is 5.97 Å². The summed E-state index contributed by atoms with van der Waals surface area (Å²) in [5.74, 6) is 0.422. The molecular formula is C15H20O3. The van der Waals surface area contributed by atoms with Crippen LogP contribution in [0.1, 0.15) is 36.2 Å². The van der Waals surface area contributed by atoms with Gasteiger partial charge in [0.1, 0.15) is 12.4 Å². The Hall–Kier alpha value is -1.77. The van der Waals surface area contributed by atoms with E-state index in [9.17, 15) is 4.79 Å². The zero-order chi connectivity index (χ0) is 13.4. The van der Waals surface area contributed by atoms with Crippen molar-refractivity contribution < 1.29 is 14.3 Å². The van der Waals surface area contributed by atoms with Crippen molar-refractivity contribution in [1.82, 2.24) is 0 Å². The van der Waals surface area contributed by atoms with Crippen LogP contribution in [0.2, 0.25) is 0 Å². The van der Waals surface area contributed by atoms with E-state index in [1.165, 1.54) is 0 Å². The molecule has 3 nitrogen and oxygen atoms in total. The van der Waals surface area contributed by atoms with Crippen LogP contribution in [0.25, 0.3) is 0 Å². The van der Waals surface area contributed by atoms with Gasteiger partial charge in [-0.2, -0.15) is 0 Å². The van der Waals surface area contributed by atoms with E-state index >= 15 is 0 Å². The van der Waals surface area contributed by atoms with Crippen LogP contribution in [0.3, 0.4) is 0 Å². The molecule has 0 unspecified atom stereocenters. The molecule has 18 heavy (non-hydrogen) atoms. The summed E-state index contributed by atoms with van der Waals surface area (Å²) < 4.78 is 10.6. The zero-order valence-corrected chi connectivity index (χ0v) is 11.2. The molecule has 0 saturated heterocycles. The van der Waals surface area contributed by atoms with E-state index in [-0.39, 0.29) is 5.97 Å². The number of carbonyl (C=O) groups is 1. The topological polar surface area (TPSA) is 35.5 Å². The molecule has 0 fully saturated rings. The predicted molar refractivity (Wildman–Crippen MR) is 72.1 cm³/mol. The van der Waals surface area contributed by atoms with Crippen LogP contribution in [0.5, 0.6) is 5.75 Å². The maximum atomic E-state index is 11.7. The lowest BCUT2D eigenvalue weighted by Gasteiger charge is -2.10. The number of allylic oxidation sites excluding steroid dienone is 1. The van der Waals surface area contributed by atoms with Crippen LogP contribution in [0, 0.1) is 6.92 Å². The molecule has 0 saturated carbocycles. The summed E-state index contributed by atoms with van der Waals surface area (Å²) in [4.78, 5) is 11.7. The molecule has 0 N–H and O–H groups in total. The minimum atomic E-state index is -0.301. The van der Waals surface area contributed by atoms with Crippen LogP contribution in [0.15, 0.2) is 30.4 Å². The first-order chi connectivity index (χ1) is 8.70. The van der Waals surface area contributed by atoms with E-state index in [1.807, 2.05) is 25.1 Å². The number of benzene rings is 1. The first kappa shape index (κ1) is 14.3. The van der Waals surface area contributed by atoms with E-state index in [4.69, 9.17) is 9.47 Å². The molecular weight excluding hydrogens is 228 g/mol. The molecule has 0 atom stereocenters. The van der Waals surface area contributed by atoms with Crippen molar-refractivity contribution in [2.45, 2.75) is 27.2 Å². The number of esters is 1. The molecule has 3 heteroatoms. The monoisotopic (exact) mass is 248 g/mol. The number of hydrogen-bond acceptors (Lipinski definition) is 3. The molecule has 1 aromatic rings. The highest BCUT2D eigenvalue weighted by Crippen LogP contribution is 2.22. The highest BCUT2D eigenvalue weighted by Gasteiger charge is 2.12. The Bertz CT molecular complexity index is 422. The molecule has 98 valence electrons. The largest absolute Gasteiger partial charge is 0.489 e. The maximum Gasteiger partial charge on any atom is 0.338 e. The van der Waals surface area contributed by atoms with Gasteiger partial charge in [0.05, 0.1) is 12.2 Å². The van der Waals surface area contributed by atoms with Crippen LogP contribution in [-0.2, 0) is 4.74 Å². The summed E-state index contributed by atoms with van der Waals surface area (Å²) in [5, 5.41) is 0. The minimum absolute atomic E-state index is 0.301. The summed E-state index contributed by atoms with van der Waals surface area (Å²) in [5.41, 5.74) is 1.38. The SMILES string of the molecule is CC/C=C\COc1cccc(C(=O)OCC)c1C. The second-order valence-corrected chi connectivity index (χ2v) is 3.84. The molecule has 0 amide bonds. The highest BCUT2D eigenvalue weighted by atomic mass is 16.5. The van der Waals surface area contributed by atoms with Gasteiger partial charge in [-0.3, -0.25) is 0 Å². The molecule has 0 aromatic heterocycles. The van der Waals surface area contributed by atoms with Gasteiger partial charge in [-0.1, -0.05) is 25.1 Å². The van der Waals surface area contributed by atoms with Gasteiger partial charge in [0.2, 0.25) is 0 Å². The Morgan fingerprint density at radius 1 is 1.28 bits per heavy atom. The molecule has 1 aromatic carbocycles. The van der Waals surface area contributed by atoms with Gasteiger partial charge in [0.15, 0.2) is 0 Å². The summed E-state index contributed by atoms with van der Waals surface area (Å²) >= 11 is 0. The summed E-state index contributed by atoms with van der Waals surface area (Å²) in [7, 11) is 0. The molecule has 0 aliphatic rings. The third-order valence-electron chi connectivity index (χ3n) is 2.52. The Balaban J connectivity index is 2.78. The van der Waals surface area contributed by atoms with E-state index in [2.05, 4.69) is 6.92 Å². The predicted octanol–water partition coefficient (Wildman–Crippen LogP) is 3.52. The molecule has 0 radical (unpaired) electrons. The number of rotatable bonds is 6. The van der Waals surface area contributed by atoms with Crippen molar-refractivity contribution in [3.63, 3.8) is 0 Å². The first-order valence-electron chi connectivity index (χ1n) is 6.25. The minimum Gasteiger partial charge on any atom is -0.489 e. The quantitative estimate of drug-likeness (QED) is 0.571. The number of ether oxygens (including phenoxy) is 2. The lowest BCUT2D eigenvalue weighted by molar-refractivity contribution is 0.0525. The summed E-state index contributed by atoms with van der Waals surface area (Å²) in [6, 6.07) is 5.41. The van der Waals surface area contributed by atoms with Gasteiger partial charge < -0.3 is 9.47 Å². The van der Waals surface area contributed by atoms with Crippen molar-refractivity contribution in [1.29, 1.82) is 0 Å². The highest BCUT2D eigenvalue weighted by molar-refractivity contribution is 5.91. The molecule has 0 heterocycles. The molecule has 0 aliphatic heterocycles. The second kappa shape index (κ2) is 7.54. The maximum absolute atomic E-state index is 11.7. The van der Waals surface area contributed by atoms with Crippen molar-refractivity contribution in [3.05, 3.63) is 41.5 Å². The Labute approximate surface area is 108 Å². The lowest BCUT2D eigenvalue weighted by atomic mass is 10.1. The number of carbonyl (C=O) groups excluding carboxylic acids is 1. The standard InChI is InChI=1S/C15H20O3/c1-4-6-7-11-18-14-10-8-9-13(12(14)3)15(16)17-5-2/h6-10H,4-5,11H2,1-3H3/b7-6-. The average Bonchev–Trinajstić information content (AvgIpc) is 2.36. The summed E-state index contributed by atoms with van der Waals surface area (Å²) in [6.07, 6.45) is 5.01. The van der Waals surface area contributed by atoms with Gasteiger partial charge in [-0.15, -0.1) is 0 Å². The average molecular weight is 248 g/mol. The molecule has 0 spiro atoms. The number of hydrogen-bond donors (Lipinski definition) is 0. The Morgan fingerprint density at radius 3 is 2.72 bits per heavy atom. The Morgan fingerprint density at radius 2 is 2.06 bits per heavy atom. The van der Waals surface area contributed by atoms with Crippen LogP contribution in [0.4, 0.5) is 0 Å². The van der Waals surface area contributed by atoms with Gasteiger partial charge in [0, 0.05) is 5.56 Å². The van der Waals surface area contributed by atoms with E-state index in [0.29, 0.717) is 18.8 Å². The van der Waals surface area contributed by atoms with Crippen LogP contribution in [-0.4, -0.2) is 19.2 Å². The second-order valence-electron chi connectivity index (χ2n) is 3.84. The first-order valence-corrected chi connectivity index (χ1v) is 6.25. The van der Waals surface area contributed by atoms with Crippen LogP contribution < -0.4 is 4.74 Å². The van der Waals surface area contributed by atoms with Crippen molar-refractivity contribution in [2.75, 3.05) is 13.2 Å².